The lowest BCUT2D eigenvalue weighted by Gasteiger charge is -2.41. The molecule has 5 heteroatoms. The number of anilines is 2. The van der Waals surface area contributed by atoms with Gasteiger partial charge < -0.3 is 15.5 Å². The molecule has 1 unspecified atom stereocenters. The third-order valence-electron chi connectivity index (χ3n) is 4.89. The van der Waals surface area contributed by atoms with Gasteiger partial charge in [0.05, 0.1) is 17.4 Å². The van der Waals surface area contributed by atoms with Crippen molar-refractivity contribution in [1.82, 2.24) is 0 Å². The molecule has 0 bridgehead atoms. The van der Waals surface area contributed by atoms with E-state index in [1.165, 1.54) is 0 Å². The van der Waals surface area contributed by atoms with Crippen LogP contribution in [-0.4, -0.2) is 30.9 Å². The fourth-order valence-electron chi connectivity index (χ4n) is 3.32. The SMILES string of the molecule is CC(=O)N1c2ccc(C(C)CN)cc2N(C(=O)C2CC2)C[C@@H]1C. The second-order valence-corrected chi connectivity index (χ2v) is 6.85. The average Bonchev–Trinajstić information content (AvgIpc) is 3.36. The van der Waals surface area contributed by atoms with Crippen LogP contribution in [0.2, 0.25) is 0 Å². The largest absolute Gasteiger partial charge is 0.330 e. The Labute approximate surface area is 137 Å². The molecule has 1 fully saturated rings. The third kappa shape index (κ3) is 2.85. The van der Waals surface area contributed by atoms with Crippen LogP contribution in [-0.2, 0) is 9.59 Å². The summed E-state index contributed by atoms with van der Waals surface area (Å²) in [5.74, 6) is 0.591. The average molecular weight is 315 g/mol. The van der Waals surface area contributed by atoms with Crippen molar-refractivity contribution in [3.05, 3.63) is 23.8 Å². The van der Waals surface area contributed by atoms with Crippen molar-refractivity contribution in [2.45, 2.75) is 45.6 Å². The molecule has 3 rings (SSSR count). The highest BCUT2D eigenvalue weighted by atomic mass is 16.2. The van der Waals surface area contributed by atoms with Crippen molar-refractivity contribution < 1.29 is 9.59 Å². The Morgan fingerprint density at radius 1 is 1.30 bits per heavy atom. The lowest BCUT2D eigenvalue weighted by atomic mass is 9.97. The molecule has 2 amide bonds. The van der Waals surface area contributed by atoms with Crippen molar-refractivity contribution in [1.29, 1.82) is 0 Å². The van der Waals surface area contributed by atoms with Crippen LogP contribution in [0.5, 0.6) is 0 Å². The van der Waals surface area contributed by atoms with Crippen LogP contribution in [0.1, 0.15) is 45.1 Å². The number of benzene rings is 1. The molecule has 0 aromatic heterocycles. The van der Waals surface area contributed by atoms with E-state index in [9.17, 15) is 9.59 Å². The fourth-order valence-corrected chi connectivity index (χ4v) is 3.32. The second-order valence-electron chi connectivity index (χ2n) is 6.85. The summed E-state index contributed by atoms with van der Waals surface area (Å²) in [6, 6.07) is 6.00. The highest BCUT2D eigenvalue weighted by Gasteiger charge is 2.39. The molecule has 1 saturated carbocycles. The molecule has 1 heterocycles. The fraction of sp³-hybridized carbons (Fsp3) is 0.556. The highest BCUT2D eigenvalue weighted by molar-refractivity contribution is 6.05. The van der Waals surface area contributed by atoms with Crippen LogP contribution in [0.3, 0.4) is 0 Å². The van der Waals surface area contributed by atoms with Gasteiger partial charge in [0.2, 0.25) is 11.8 Å². The molecule has 2 N–H and O–H groups in total. The van der Waals surface area contributed by atoms with Crippen LogP contribution in [0.15, 0.2) is 18.2 Å². The molecule has 2 atom stereocenters. The first kappa shape index (κ1) is 16.0. The van der Waals surface area contributed by atoms with Crippen molar-refractivity contribution in [2.24, 2.45) is 11.7 Å². The zero-order valence-corrected chi connectivity index (χ0v) is 14.1. The maximum absolute atomic E-state index is 12.7. The Balaban J connectivity index is 2.07. The minimum absolute atomic E-state index is 0.0110. The highest BCUT2D eigenvalue weighted by Crippen LogP contribution is 2.41. The minimum Gasteiger partial charge on any atom is -0.330 e. The van der Waals surface area contributed by atoms with Gasteiger partial charge in [-0.3, -0.25) is 9.59 Å². The van der Waals surface area contributed by atoms with Crippen LogP contribution >= 0.6 is 0 Å². The molecule has 1 aliphatic heterocycles. The van der Waals surface area contributed by atoms with Crippen molar-refractivity contribution in [3.63, 3.8) is 0 Å². The normalized spacial score (nSPS) is 21.8. The van der Waals surface area contributed by atoms with Gasteiger partial charge in [-0.25, -0.2) is 0 Å². The van der Waals surface area contributed by atoms with Gasteiger partial charge >= 0.3 is 0 Å². The van der Waals surface area contributed by atoms with Gasteiger partial charge in [0, 0.05) is 19.4 Å². The van der Waals surface area contributed by atoms with Gasteiger partial charge in [0.15, 0.2) is 0 Å². The smallest absolute Gasteiger partial charge is 0.230 e. The predicted molar refractivity (Wildman–Crippen MR) is 91.6 cm³/mol. The van der Waals surface area contributed by atoms with E-state index in [0.717, 1.165) is 29.8 Å². The Kier molecular flexibility index (Phi) is 4.15. The Morgan fingerprint density at radius 2 is 2.00 bits per heavy atom. The van der Waals surface area contributed by atoms with Gasteiger partial charge in [-0.15, -0.1) is 0 Å². The van der Waals surface area contributed by atoms with Gasteiger partial charge in [0.1, 0.15) is 0 Å². The maximum Gasteiger partial charge on any atom is 0.230 e. The van der Waals surface area contributed by atoms with E-state index >= 15 is 0 Å². The predicted octanol–water partition coefficient (Wildman–Crippen LogP) is 2.25. The summed E-state index contributed by atoms with van der Waals surface area (Å²) < 4.78 is 0. The van der Waals surface area contributed by atoms with Crippen molar-refractivity contribution >= 4 is 23.2 Å². The lowest BCUT2D eigenvalue weighted by molar-refractivity contribution is -0.120. The maximum atomic E-state index is 12.7. The summed E-state index contributed by atoms with van der Waals surface area (Å²) in [6.07, 6.45) is 1.96. The van der Waals surface area contributed by atoms with Gasteiger partial charge in [0.25, 0.3) is 0 Å². The molecular formula is C18H25N3O2. The molecule has 5 nitrogen and oxygen atoms in total. The molecular weight excluding hydrogens is 290 g/mol. The molecule has 2 aliphatic rings. The first-order valence-corrected chi connectivity index (χ1v) is 8.39. The number of nitrogens with zero attached hydrogens (tertiary/aromatic N) is 2. The van der Waals surface area contributed by atoms with E-state index in [1.807, 2.05) is 30.0 Å². The number of amides is 2. The second kappa shape index (κ2) is 5.96. The topological polar surface area (TPSA) is 66.6 Å². The molecule has 1 aromatic carbocycles. The summed E-state index contributed by atoms with van der Waals surface area (Å²) in [4.78, 5) is 28.4. The number of nitrogens with two attached hydrogens (primary N) is 1. The lowest BCUT2D eigenvalue weighted by Crippen LogP contribution is -2.51. The monoisotopic (exact) mass is 315 g/mol. The van der Waals surface area contributed by atoms with Crippen molar-refractivity contribution in [2.75, 3.05) is 22.9 Å². The Bertz CT molecular complexity index is 639. The number of carbonyl (C=O) groups is 2. The zero-order valence-electron chi connectivity index (χ0n) is 14.1. The van der Waals surface area contributed by atoms with E-state index < -0.39 is 0 Å². The number of carbonyl (C=O) groups excluding carboxylic acids is 2. The summed E-state index contributed by atoms with van der Waals surface area (Å²) in [6.45, 7) is 6.76. The number of hydrogen-bond acceptors (Lipinski definition) is 3. The van der Waals surface area contributed by atoms with E-state index in [0.29, 0.717) is 13.1 Å². The standard InChI is InChI=1S/C18H25N3O2/c1-11(9-19)15-6-7-16-17(8-15)20(18(23)14-4-5-14)10-12(2)21(16)13(3)22/h6-8,11-12,14H,4-5,9-10,19H2,1-3H3/t11?,12-/m0/s1. The van der Waals surface area contributed by atoms with Gasteiger partial charge in [-0.05, 0) is 49.9 Å². The van der Waals surface area contributed by atoms with E-state index in [1.54, 1.807) is 11.8 Å². The quantitative estimate of drug-likeness (QED) is 0.930. The number of hydrogen-bond donors (Lipinski definition) is 1. The first-order valence-electron chi connectivity index (χ1n) is 8.39. The molecule has 1 aromatic rings. The molecule has 23 heavy (non-hydrogen) atoms. The van der Waals surface area contributed by atoms with Crippen LogP contribution in [0.4, 0.5) is 11.4 Å². The molecule has 0 spiro atoms. The molecule has 1 aliphatic carbocycles. The van der Waals surface area contributed by atoms with Crippen LogP contribution in [0.25, 0.3) is 0 Å². The Hall–Kier alpha value is -1.88. The van der Waals surface area contributed by atoms with Crippen LogP contribution in [0, 0.1) is 5.92 Å². The summed E-state index contributed by atoms with van der Waals surface area (Å²) in [5, 5.41) is 0. The number of fused-ring (bicyclic) bond motifs is 1. The third-order valence-corrected chi connectivity index (χ3v) is 4.89. The van der Waals surface area contributed by atoms with Crippen molar-refractivity contribution in [3.8, 4) is 0 Å². The Morgan fingerprint density at radius 3 is 2.57 bits per heavy atom. The van der Waals surface area contributed by atoms with Crippen LogP contribution < -0.4 is 15.5 Å². The van der Waals surface area contributed by atoms with Gasteiger partial charge in [-0.2, -0.15) is 0 Å². The summed E-state index contributed by atoms with van der Waals surface area (Å²) in [5.41, 5.74) is 8.58. The number of rotatable bonds is 3. The van der Waals surface area contributed by atoms with E-state index in [2.05, 4.69) is 6.92 Å². The molecule has 0 saturated heterocycles. The molecule has 0 radical (unpaired) electrons. The van der Waals surface area contributed by atoms with Gasteiger partial charge in [-0.1, -0.05) is 13.0 Å². The van der Waals surface area contributed by atoms with E-state index in [-0.39, 0.29) is 29.7 Å². The summed E-state index contributed by atoms with van der Waals surface area (Å²) in [7, 11) is 0. The van der Waals surface area contributed by atoms with E-state index in [4.69, 9.17) is 5.73 Å². The summed E-state index contributed by atoms with van der Waals surface area (Å²) >= 11 is 0. The molecule has 124 valence electrons. The zero-order chi connectivity index (χ0) is 16.7. The minimum atomic E-state index is -0.0134. The first-order chi connectivity index (χ1) is 10.9.